The lowest BCUT2D eigenvalue weighted by atomic mass is 10.2. The van der Waals surface area contributed by atoms with Gasteiger partial charge in [0.15, 0.2) is 5.13 Å². The number of carbonyl (C=O) groups excluding carboxylic acids is 1. The highest BCUT2D eigenvalue weighted by molar-refractivity contribution is 7.23. The molecule has 34 heavy (non-hydrogen) atoms. The second-order valence-corrected chi connectivity index (χ2v) is 8.95. The average molecular weight is 490 g/mol. The Labute approximate surface area is 205 Å². The number of anilines is 1. The Bertz CT molecular complexity index is 1470. The molecule has 2 aromatic carbocycles. The smallest absolute Gasteiger partial charge is 0.263 e. The van der Waals surface area contributed by atoms with Crippen LogP contribution in [0.25, 0.3) is 15.9 Å². The quantitative estimate of drug-likeness (QED) is 0.306. The zero-order valence-electron chi connectivity index (χ0n) is 18.5. The summed E-state index contributed by atoms with van der Waals surface area (Å²) in [5, 5.41) is 5.55. The fraction of sp³-hybridized carbons (Fsp3) is 0.120. The molecule has 0 aliphatic rings. The van der Waals surface area contributed by atoms with Crippen molar-refractivity contribution in [2.24, 2.45) is 0 Å². The van der Waals surface area contributed by atoms with E-state index in [9.17, 15) is 4.79 Å². The number of carbonyl (C=O) groups is 1. The topological polar surface area (TPSA) is 73.1 Å². The van der Waals surface area contributed by atoms with Crippen molar-refractivity contribution in [2.45, 2.75) is 13.5 Å². The minimum Gasteiger partial charge on any atom is -0.494 e. The van der Waals surface area contributed by atoms with E-state index >= 15 is 0 Å². The Balaban J connectivity index is 1.60. The average Bonchev–Trinajstić information content (AvgIpc) is 3.48. The summed E-state index contributed by atoms with van der Waals surface area (Å²) in [7, 11) is 1.58. The van der Waals surface area contributed by atoms with E-state index < -0.39 is 0 Å². The molecule has 1 amide bonds. The molecule has 0 saturated heterocycles. The molecule has 9 heteroatoms. The van der Waals surface area contributed by atoms with Crippen molar-refractivity contribution in [2.75, 3.05) is 12.0 Å². The van der Waals surface area contributed by atoms with Crippen molar-refractivity contribution in [3.8, 4) is 11.4 Å². The summed E-state index contributed by atoms with van der Waals surface area (Å²) >= 11 is 7.79. The first kappa shape index (κ1) is 22.1. The predicted molar refractivity (Wildman–Crippen MR) is 134 cm³/mol. The van der Waals surface area contributed by atoms with Crippen molar-refractivity contribution in [1.82, 2.24) is 19.7 Å². The summed E-state index contributed by atoms with van der Waals surface area (Å²) in [5.41, 5.74) is 3.61. The summed E-state index contributed by atoms with van der Waals surface area (Å²) in [5.74, 6) is 0.390. The zero-order valence-corrected chi connectivity index (χ0v) is 20.0. The molecule has 3 heterocycles. The summed E-state index contributed by atoms with van der Waals surface area (Å²) < 4.78 is 7.99. The predicted octanol–water partition coefficient (Wildman–Crippen LogP) is 5.69. The molecule has 170 valence electrons. The van der Waals surface area contributed by atoms with Crippen molar-refractivity contribution in [3.05, 3.63) is 95.0 Å². The van der Waals surface area contributed by atoms with Gasteiger partial charge in [0.1, 0.15) is 11.3 Å². The normalized spacial score (nSPS) is 11.0. The van der Waals surface area contributed by atoms with Crippen LogP contribution in [-0.2, 0) is 6.54 Å². The van der Waals surface area contributed by atoms with Gasteiger partial charge in [-0.25, -0.2) is 9.67 Å². The third-order valence-corrected chi connectivity index (χ3v) is 6.99. The molecule has 0 aliphatic heterocycles. The summed E-state index contributed by atoms with van der Waals surface area (Å²) in [4.78, 5) is 24.5. The van der Waals surface area contributed by atoms with Gasteiger partial charge < -0.3 is 4.74 Å². The van der Waals surface area contributed by atoms with Gasteiger partial charge in [-0.1, -0.05) is 47.2 Å². The van der Waals surface area contributed by atoms with Gasteiger partial charge >= 0.3 is 0 Å². The van der Waals surface area contributed by atoms with Gasteiger partial charge in [-0.2, -0.15) is 5.10 Å². The Morgan fingerprint density at radius 2 is 1.94 bits per heavy atom. The van der Waals surface area contributed by atoms with E-state index in [1.807, 2.05) is 49.4 Å². The van der Waals surface area contributed by atoms with Gasteiger partial charge in [0.25, 0.3) is 5.91 Å². The van der Waals surface area contributed by atoms with E-state index in [2.05, 4.69) is 10.1 Å². The molecule has 5 rings (SSSR count). The van der Waals surface area contributed by atoms with Crippen molar-refractivity contribution in [1.29, 1.82) is 0 Å². The van der Waals surface area contributed by atoms with E-state index in [1.165, 1.54) is 11.3 Å². The molecule has 0 aliphatic carbocycles. The number of rotatable bonds is 6. The van der Waals surface area contributed by atoms with Crippen molar-refractivity contribution in [3.63, 3.8) is 0 Å². The molecule has 5 aromatic rings. The molecular formula is C25H20ClN5O2S. The van der Waals surface area contributed by atoms with E-state index in [1.54, 1.807) is 47.4 Å². The van der Waals surface area contributed by atoms with Crippen molar-refractivity contribution < 1.29 is 9.53 Å². The third-order valence-electron chi connectivity index (χ3n) is 5.45. The number of fused-ring (bicyclic) bond motifs is 1. The van der Waals surface area contributed by atoms with Gasteiger partial charge in [-0.05, 0) is 42.8 Å². The van der Waals surface area contributed by atoms with Gasteiger partial charge in [0.2, 0.25) is 0 Å². The molecule has 0 saturated carbocycles. The van der Waals surface area contributed by atoms with Crippen LogP contribution in [0.1, 0.15) is 21.6 Å². The summed E-state index contributed by atoms with van der Waals surface area (Å²) in [6.45, 7) is 2.18. The molecule has 3 aromatic heterocycles. The zero-order chi connectivity index (χ0) is 23.7. The number of para-hydroxylation sites is 1. The molecule has 7 nitrogen and oxygen atoms in total. The van der Waals surface area contributed by atoms with E-state index in [0.717, 1.165) is 21.6 Å². The van der Waals surface area contributed by atoms with E-state index in [-0.39, 0.29) is 5.91 Å². The van der Waals surface area contributed by atoms with Crippen LogP contribution in [0.4, 0.5) is 5.13 Å². The Kier molecular flexibility index (Phi) is 6.00. The molecule has 0 spiro atoms. The van der Waals surface area contributed by atoms with Crippen LogP contribution >= 0.6 is 22.9 Å². The van der Waals surface area contributed by atoms with Crippen LogP contribution in [0, 0.1) is 6.92 Å². The lowest BCUT2D eigenvalue weighted by molar-refractivity contribution is 0.0984. The fourth-order valence-corrected chi connectivity index (χ4v) is 4.97. The maximum Gasteiger partial charge on any atom is 0.263 e. The number of ether oxygens (including phenoxy) is 1. The monoisotopic (exact) mass is 489 g/mol. The van der Waals surface area contributed by atoms with E-state index in [4.69, 9.17) is 21.3 Å². The number of amides is 1. The Hall–Kier alpha value is -3.75. The molecule has 0 fully saturated rings. The number of aromatic nitrogens is 4. The Morgan fingerprint density at radius 1 is 1.12 bits per heavy atom. The van der Waals surface area contributed by atoms with Gasteiger partial charge in [-0.15, -0.1) is 0 Å². The van der Waals surface area contributed by atoms with E-state index in [0.29, 0.717) is 33.5 Å². The van der Waals surface area contributed by atoms with Gasteiger partial charge in [-0.3, -0.25) is 14.7 Å². The first-order chi connectivity index (χ1) is 16.6. The van der Waals surface area contributed by atoms with Crippen LogP contribution in [0.15, 0.2) is 73.2 Å². The molecule has 0 radical (unpaired) electrons. The number of methoxy groups -OCH3 is 1. The second-order valence-electron chi connectivity index (χ2n) is 7.57. The van der Waals surface area contributed by atoms with Gasteiger partial charge in [0, 0.05) is 12.4 Å². The van der Waals surface area contributed by atoms with Crippen LogP contribution < -0.4 is 9.64 Å². The van der Waals surface area contributed by atoms with Crippen LogP contribution in [-0.4, -0.2) is 32.8 Å². The minimum atomic E-state index is -0.210. The fourth-order valence-electron chi connectivity index (χ4n) is 3.72. The maximum absolute atomic E-state index is 13.9. The largest absolute Gasteiger partial charge is 0.494 e. The molecule has 0 N–H and O–H groups in total. The first-order valence-corrected chi connectivity index (χ1v) is 11.7. The van der Waals surface area contributed by atoms with Gasteiger partial charge in [0.05, 0.1) is 46.5 Å². The first-order valence-electron chi connectivity index (χ1n) is 10.5. The highest BCUT2D eigenvalue weighted by atomic mass is 35.5. The maximum atomic E-state index is 13.9. The van der Waals surface area contributed by atoms with Crippen LogP contribution in [0.2, 0.25) is 5.02 Å². The number of pyridine rings is 1. The van der Waals surface area contributed by atoms with Crippen LogP contribution in [0.3, 0.4) is 0 Å². The van der Waals surface area contributed by atoms with Crippen molar-refractivity contribution >= 4 is 44.2 Å². The SMILES string of the molecule is COc1ccc(Cl)c2sc(N(Cc3cccnc3)C(=O)c3cnn(-c4ccccc4)c3C)nc12. The molecule has 0 atom stereocenters. The summed E-state index contributed by atoms with van der Waals surface area (Å²) in [6.07, 6.45) is 5.04. The highest BCUT2D eigenvalue weighted by Crippen LogP contribution is 2.39. The van der Waals surface area contributed by atoms with Crippen LogP contribution in [0.5, 0.6) is 5.75 Å². The molecule has 0 bridgehead atoms. The lowest BCUT2D eigenvalue weighted by Gasteiger charge is -2.20. The standard InChI is InChI=1S/C25H20ClN5O2S/c1-16-19(14-28-31(16)18-8-4-3-5-9-18)24(32)30(15-17-7-6-12-27-13-17)25-29-22-21(33-2)11-10-20(26)23(22)34-25/h3-14H,15H2,1-2H3. The summed E-state index contributed by atoms with van der Waals surface area (Å²) in [6, 6.07) is 17.0. The number of thiazole rings is 1. The number of hydrogen-bond acceptors (Lipinski definition) is 6. The Morgan fingerprint density at radius 3 is 2.68 bits per heavy atom. The molecular weight excluding hydrogens is 470 g/mol. The number of benzene rings is 2. The lowest BCUT2D eigenvalue weighted by Crippen LogP contribution is -2.30. The number of halogens is 1. The molecule has 0 unspecified atom stereocenters. The third kappa shape index (κ3) is 4.02. The number of hydrogen-bond donors (Lipinski definition) is 0. The highest BCUT2D eigenvalue weighted by Gasteiger charge is 2.26. The minimum absolute atomic E-state index is 0.210. The number of nitrogens with zero attached hydrogens (tertiary/aromatic N) is 5. The second kappa shape index (κ2) is 9.24.